The summed E-state index contributed by atoms with van der Waals surface area (Å²) in [4.78, 5) is 2.30. The van der Waals surface area contributed by atoms with Crippen LogP contribution in [0.25, 0.3) is 24.3 Å². The van der Waals surface area contributed by atoms with Gasteiger partial charge < -0.3 is 4.90 Å². The van der Waals surface area contributed by atoms with E-state index in [4.69, 9.17) is 0 Å². The normalized spacial score (nSPS) is 11.8. The molecule has 42 heavy (non-hydrogen) atoms. The average molecular weight is 544 g/mol. The van der Waals surface area contributed by atoms with Gasteiger partial charge >= 0.3 is 0 Å². The van der Waals surface area contributed by atoms with Crippen molar-refractivity contribution in [3.63, 3.8) is 0 Å². The predicted molar refractivity (Wildman–Crippen MR) is 184 cm³/mol. The minimum atomic E-state index is 1.12. The summed E-state index contributed by atoms with van der Waals surface area (Å²) >= 11 is 0. The van der Waals surface area contributed by atoms with E-state index in [0.717, 1.165) is 28.2 Å². The molecule has 0 aromatic heterocycles. The van der Waals surface area contributed by atoms with Crippen LogP contribution in [0.3, 0.4) is 0 Å². The minimum absolute atomic E-state index is 1.12. The van der Waals surface area contributed by atoms with Crippen LogP contribution in [-0.4, -0.2) is 0 Å². The van der Waals surface area contributed by atoms with Crippen LogP contribution in [0.2, 0.25) is 0 Å². The molecule has 0 fully saturated rings. The van der Waals surface area contributed by atoms with E-state index in [1.54, 1.807) is 0 Å². The Morgan fingerprint density at radius 1 is 0.310 bits per heavy atom. The quantitative estimate of drug-likeness (QED) is 0.167. The van der Waals surface area contributed by atoms with Gasteiger partial charge in [-0.25, -0.2) is 0 Å². The van der Waals surface area contributed by atoms with Crippen LogP contribution >= 0.6 is 0 Å². The number of allylic oxidation sites excluding steroid dienone is 4. The summed E-state index contributed by atoms with van der Waals surface area (Å²) in [6, 6.07) is 43.2. The van der Waals surface area contributed by atoms with Crippen LogP contribution in [0.1, 0.15) is 38.9 Å². The van der Waals surface area contributed by atoms with Crippen molar-refractivity contribution in [3.05, 3.63) is 185 Å². The summed E-state index contributed by atoms with van der Waals surface area (Å²) in [5.74, 6) is 0. The molecule has 0 atom stereocenters. The Morgan fingerprint density at radius 3 is 0.810 bits per heavy atom. The summed E-state index contributed by atoms with van der Waals surface area (Å²) in [6.07, 6.45) is 16.9. The van der Waals surface area contributed by atoms with E-state index in [0.29, 0.717) is 0 Å². The van der Waals surface area contributed by atoms with E-state index >= 15 is 0 Å². The average Bonchev–Trinajstić information content (AvgIpc) is 3.02. The zero-order chi connectivity index (χ0) is 29.1. The van der Waals surface area contributed by atoms with Crippen LogP contribution in [0.4, 0.5) is 17.1 Å². The van der Waals surface area contributed by atoms with E-state index in [-0.39, 0.29) is 0 Å². The first-order chi connectivity index (χ1) is 20.5. The number of hydrogen-bond donors (Lipinski definition) is 0. The lowest BCUT2D eigenvalue weighted by molar-refractivity contribution is 1.27. The van der Waals surface area contributed by atoms with Gasteiger partial charge in [-0.2, -0.15) is 0 Å². The highest BCUT2D eigenvalue weighted by Gasteiger charge is 2.12. The lowest BCUT2D eigenvalue weighted by atomic mass is 10.1. The van der Waals surface area contributed by atoms with Gasteiger partial charge in [0.2, 0.25) is 0 Å². The maximum atomic E-state index is 2.30. The van der Waals surface area contributed by atoms with Crippen molar-refractivity contribution < 1.29 is 0 Å². The molecule has 0 N–H and O–H groups in total. The molecule has 1 heteroatoms. The second-order valence-corrected chi connectivity index (χ2v) is 10.6. The van der Waals surface area contributed by atoms with Gasteiger partial charge in [0, 0.05) is 17.1 Å². The molecule has 0 unspecified atom stereocenters. The van der Waals surface area contributed by atoms with Crippen molar-refractivity contribution in [2.45, 2.75) is 20.8 Å². The lowest BCUT2D eigenvalue weighted by Crippen LogP contribution is -2.09. The Labute approximate surface area is 251 Å². The number of anilines is 3. The zero-order valence-electron chi connectivity index (χ0n) is 24.6. The molecule has 5 aromatic carbocycles. The van der Waals surface area contributed by atoms with Gasteiger partial charge in [0.1, 0.15) is 0 Å². The molecule has 0 saturated carbocycles. The van der Waals surface area contributed by atoms with Gasteiger partial charge in [-0.1, -0.05) is 150 Å². The van der Waals surface area contributed by atoms with Crippen LogP contribution in [0, 0.1) is 20.8 Å². The first kappa shape index (κ1) is 28.4. The van der Waals surface area contributed by atoms with Gasteiger partial charge in [-0.15, -0.1) is 0 Å². The second-order valence-electron chi connectivity index (χ2n) is 10.6. The molecule has 0 aliphatic carbocycles. The van der Waals surface area contributed by atoms with E-state index in [9.17, 15) is 0 Å². The molecule has 5 aromatic rings. The molecule has 0 aliphatic rings. The van der Waals surface area contributed by atoms with Crippen molar-refractivity contribution in [2.24, 2.45) is 0 Å². The van der Waals surface area contributed by atoms with Crippen molar-refractivity contribution in [1.82, 2.24) is 0 Å². The second kappa shape index (κ2) is 14.0. The standard InChI is InChI=1S/C41H37N/c1-32-12-18-35(19-13-32)8-4-6-10-37-22-28-40(29-23-37)42(39-26-16-34(3)17-27-39)41-30-24-38(25-31-41)11-7-5-9-36-20-14-33(2)15-21-36/h4-31H,1-3H3/b8-4+,9-5+,10-6+,11-7+. The number of hydrogen-bond acceptors (Lipinski definition) is 1. The summed E-state index contributed by atoms with van der Waals surface area (Å²) < 4.78 is 0. The van der Waals surface area contributed by atoms with Crippen LogP contribution in [0.15, 0.2) is 146 Å². The first-order valence-electron chi connectivity index (χ1n) is 14.4. The van der Waals surface area contributed by atoms with Crippen molar-refractivity contribution in [1.29, 1.82) is 0 Å². The van der Waals surface area contributed by atoms with Gasteiger partial charge in [0.15, 0.2) is 0 Å². The molecule has 0 saturated heterocycles. The fraction of sp³-hybridized carbons (Fsp3) is 0.0732. The van der Waals surface area contributed by atoms with Crippen molar-refractivity contribution >= 4 is 41.4 Å². The van der Waals surface area contributed by atoms with Crippen molar-refractivity contribution in [3.8, 4) is 0 Å². The third-order valence-electron chi connectivity index (χ3n) is 7.13. The summed E-state index contributed by atoms with van der Waals surface area (Å²) in [5, 5.41) is 0. The maximum Gasteiger partial charge on any atom is 0.0462 e. The third kappa shape index (κ3) is 7.96. The van der Waals surface area contributed by atoms with Crippen LogP contribution < -0.4 is 4.90 Å². The SMILES string of the molecule is Cc1ccc(/C=C/C=C/c2ccc(N(c3ccc(C)cc3)c3ccc(/C=C/C=C/c4ccc(C)cc4)cc3)cc2)cc1. The van der Waals surface area contributed by atoms with Crippen LogP contribution in [-0.2, 0) is 0 Å². The number of rotatable bonds is 9. The highest BCUT2D eigenvalue weighted by atomic mass is 15.1. The molecule has 206 valence electrons. The van der Waals surface area contributed by atoms with Gasteiger partial charge in [-0.3, -0.25) is 0 Å². The largest absolute Gasteiger partial charge is 0.311 e. The van der Waals surface area contributed by atoms with E-state index < -0.39 is 0 Å². The maximum absolute atomic E-state index is 2.30. The third-order valence-corrected chi connectivity index (χ3v) is 7.13. The molecule has 1 nitrogen and oxygen atoms in total. The monoisotopic (exact) mass is 543 g/mol. The van der Waals surface area contributed by atoms with Crippen molar-refractivity contribution in [2.75, 3.05) is 4.90 Å². The highest BCUT2D eigenvalue weighted by Crippen LogP contribution is 2.35. The Hall–Kier alpha value is -5.14. The predicted octanol–water partition coefficient (Wildman–Crippen LogP) is 11.5. The van der Waals surface area contributed by atoms with Gasteiger partial charge in [0.25, 0.3) is 0 Å². The molecule has 0 aliphatic heterocycles. The summed E-state index contributed by atoms with van der Waals surface area (Å²) in [7, 11) is 0. The minimum Gasteiger partial charge on any atom is -0.311 e. The fourth-order valence-corrected chi connectivity index (χ4v) is 4.63. The molecule has 0 radical (unpaired) electrons. The summed E-state index contributed by atoms with van der Waals surface area (Å²) in [5.41, 5.74) is 11.9. The van der Waals surface area contributed by atoms with E-state index in [1.165, 1.54) is 27.8 Å². The molecule has 0 bridgehead atoms. The Bertz CT molecular complexity index is 1570. The molecule has 0 heterocycles. The highest BCUT2D eigenvalue weighted by molar-refractivity contribution is 5.78. The number of benzene rings is 5. The van der Waals surface area contributed by atoms with Gasteiger partial charge in [0.05, 0.1) is 0 Å². The Kier molecular flexibility index (Phi) is 9.44. The molecule has 0 spiro atoms. The number of nitrogens with zero attached hydrogens (tertiary/aromatic N) is 1. The molecular weight excluding hydrogens is 506 g/mol. The Balaban J connectivity index is 1.31. The molecule has 5 rings (SSSR count). The number of aryl methyl sites for hydroxylation is 3. The smallest absolute Gasteiger partial charge is 0.0462 e. The van der Waals surface area contributed by atoms with E-state index in [2.05, 4.69) is 196 Å². The Morgan fingerprint density at radius 2 is 0.524 bits per heavy atom. The zero-order valence-corrected chi connectivity index (χ0v) is 24.6. The summed E-state index contributed by atoms with van der Waals surface area (Å²) in [6.45, 7) is 6.34. The lowest BCUT2D eigenvalue weighted by Gasteiger charge is -2.26. The first-order valence-corrected chi connectivity index (χ1v) is 14.4. The van der Waals surface area contributed by atoms with Crippen LogP contribution in [0.5, 0.6) is 0 Å². The molecule has 0 amide bonds. The fourth-order valence-electron chi connectivity index (χ4n) is 4.63. The van der Waals surface area contributed by atoms with Gasteiger partial charge in [-0.05, 0) is 79.4 Å². The topological polar surface area (TPSA) is 3.24 Å². The molecular formula is C41H37N. The van der Waals surface area contributed by atoms with E-state index in [1.807, 2.05) is 0 Å².